The highest BCUT2D eigenvalue weighted by molar-refractivity contribution is 5.82. The first kappa shape index (κ1) is 16.6. The third-order valence-corrected chi connectivity index (χ3v) is 4.67. The Balaban J connectivity index is 2.03. The van der Waals surface area contributed by atoms with Crippen molar-refractivity contribution in [2.75, 3.05) is 0 Å². The maximum Gasteiger partial charge on any atom is 0.0562 e. The fraction of sp³-hybridized carbons (Fsp3) is 0.304. The fourth-order valence-electron chi connectivity index (χ4n) is 3.41. The molecule has 0 atom stereocenters. The average molecular weight is 317 g/mol. The van der Waals surface area contributed by atoms with Crippen LogP contribution in [0.2, 0.25) is 0 Å². The molecule has 1 nitrogen and oxygen atoms in total. The summed E-state index contributed by atoms with van der Waals surface area (Å²) >= 11 is 0. The van der Waals surface area contributed by atoms with Crippen molar-refractivity contribution in [2.24, 2.45) is 0 Å². The smallest absolute Gasteiger partial charge is 0.0562 e. The van der Waals surface area contributed by atoms with Crippen molar-refractivity contribution in [1.29, 1.82) is 0 Å². The molecule has 0 aliphatic heterocycles. The van der Waals surface area contributed by atoms with Gasteiger partial charge in [0, 0.05) is 17.8 Å². The Kier molecular flexibility index (Phi) is 5.53. The van der Waals surface area contributed by atoms with Crippen molar-refractivity contribution in [1.82, 2.24) is 4.57 Å². The summed E-state index contributed by atoms with van der Waals surface area (Å²) in [5.74, 6) is 0. The Morgan fingerprint density at radius 3 is 2.00 bits per heavy atom. The van der Waals surface area contributed by atoms with Crippen molar-refractivity contribution in [3.63, 3.8) is 0 Å². The van der Waals surface area contributed by atoms with Gasteiger partial charge in [0.2, 0.25) is 0 Å². The molecular formula is C23H27N. The molecule has 0 aliphatic rings. The van der Waals surface area contributed by atoms with Crippen LogP contribution in [0.4, 0.5) is 0 Å². The third-order valence-electron chi connectivity index (χ3n) is 4.67. The summed E-state index contributed by atoms with van der Waals surface area (Å²) in [7, 11) is 0. The molecule has 0 aliphatic carbocycles. The lowest BCUT2D eigenvalue weighted by atomic mass is 10.0. The number of nitrogens with zero attached hydrogens (tertiary/aromatic N) is 1. The quantitative estimate of drug-likeness (QED) is 0.427. The van der Waals surface area contributed by atoms with Gasteiger partial charge in [-0.05, 0) is 30.5 Å². The molecule has 3 rings (SSSR count). The van der Waals surface area contributed by atoms with E-state index in [0.717, 1.165) is 6.54 Å². The average Bonchev–Trinajstić information content (AvgIpc) is 2.97. The summed E-state index contributed by atoms with van der Waals surface area (Å²) in [4.78, 5) is 0. The van der Waals surface area contributed by atoms with Gasteiger partial charge in [-0.2, -0.15) is 0 Å². The molecule has 1 heterocycles. The summed E-state index contributed by atoms with van der Waals surface area (Å²) in [6.07, 6.45) is 5.17. The Morgan fingerprint density at radius 1 is 0.750 bits per heavy atom. The maximum atomic E-state index is 2.51. The first-order valence-corrected chi connectivity index (χ1v) is 9.12. The van der Waals surface area contributed by atoms with Crippen LogP contribution in [0.25, 0.3) is 22.4 Å². The van der Waals surface area contributed by atoms with Gasteiger partial charge in [-0.1, -0.05) is 86.8 Å². The first-order valence-electron chi connectivity index (χ1n) is 9.12. The number of benzene rings is 2. The lowest BCUT2D eigenvalue weighted by Gasteiger charge is -2.14. The van der Waals surface area contributed by atoms with Crippen LogP contribution in [0.5, 0.6) is 0 Å². The van der Waals surface area contributed by atoms with Gasteiger partial charge < -0.3 is 4.57 Å². The molecule has 0 saturated carbocycles. The molecule has 24 heavy (non-hydrogen) atoms. The van der Waals surface area contributed by atoms with Gasteiger partial charge in [-0.15, -0.1) is 0 Å². The minimum absolute atomic E-state index is 1.10. The van der Waals surface area contributed by atoms with Crippen LogP contribution in [0, 0.1) is 6.92 Å². The van der Waals surface area contributed by atoms with Crippen LogP contribution in [-0.2, 0) is 6.54 Å². The normalized spacial score (nSPS) is 10.9. The Morgan fingerprint density at radius 2 is 1.38 bits per heavy atom. The third kappa shape index (κ3) is 3.62. The van der Waals surface area contributed by atoms with Crippen molar-refractivity contribution < 1.29 is 0 Å². The zero-order valence-corrected chi connectivity index (χ0v) is 14.8. The molecule has 0 spiro atoms. The highest BCUT2D eigenvalue weighted by Gasteiger charge is 2.15. The van der Waals surface area contributed by atoms with Gasteiger partial charge in [-0.3, -0.25) is 0 Å². The van der Waals surface area contributed by atoms with E-state index in [-0.39, 0.29) is 0 Å². The summed E-state index contributed by atoms with van der Waals surface area (Å²) in [5.41, 5.74) is 6.65. The number of unbranched alkanes of at least 4 members (excludes halogenated alkanes) is 3. The summed E-state index contributed by atoms with van der Waals surface area (Å²) in [6, 6.07) is 23.9. The summed E-state index contributed by atoms with van der Waals surface area (Å²) < 4.78 is 2.51. The number of aryl methyl sites for hydroxylation is 1. The van der Waals surface area contributed by atoms with E-state index in [1.807, 2.05) is 0 Å². The number of hydrogen-bond acceptors (Lipinski definition) is 0. The Bertz CT molecular complexity index is 753. The lowest BCUT2D eigenvalue weighted by molar-refractivity contribution is 0.580. The molecule has 0 radical (unpaired) electrons. The lowest BCUT2D eigenvalue weighted by Crippen LogP contribution is -2.03. The number of hydrogen-bond donors (Lipinski definition) is 0. The fourth-order valence-corrected chi connectivity index (χ4v) is 3.41. The second-order valence-electron chi connectivity index (χ2n) is 6.49. The number of rotatable bonds is 7. The Hall–Kier alpha value is -2.28. The van der Waals surface area contributed by atoms with Crippen LogP contribution < -0.4 is 0 Å². The van der Waals surface area contributed by atoms with Gasteiger partial charge >= 0.3 is 0 Å². The van der Waals surface area contributed by atoms with Crippen molar-refractivity contribution in [3.8, 4) is 22.4 Å². The zero-order valence-electron chi connectivity index (χ0n) is 14.8. The monoisotopic (exact) mass is 317 g/mol. The van der Waals surface area contributed by atoms with E-state index < -0.39 is 0 Å². The maximum absolute atomic E-state index is 2.51. The minimum atomic E-state index is 1.10. The molecule has 1 aromatic heterocycles. The van der Waals surface area contributed by atoms with Crippen molar-refractivity contribution >= 4 is 0 Å². The van der Waals surface area contributed by atoms with E-state index in [1.54, 1.807) is 0 Å². The van der Waals surface area contributed by atoms with Crippen LogP contribution in [0.1, 0.15) is 38.3 Å². The first-order chi connectivity index (χ1) is 11.8. The van der Waals surface area contributed by atoms with Gasteiger partial charge in [0.15, 0.2) is 0 Å². The predicted molar refractivity (Wildman–Crippen MR) is 104 cm³/mol. The SMILES string of the molecule is CCCCCCn1c(C)cc(-c2ccccc2)c1-c1ccccc1. The molecule has 124 valence electrons. The molecule has 0 amide bonds. The Labute approximate surface area is 146 Å². The predicted octanol–water partition coefficient (Wildman–Crippen LogP) is 6.71. The topological polar surface area (TPSA) is 4.93 Å². The molecule has 3 aromatic rings. The highest BCUT2D eigenvalue weighted by Crippen LogP contribution is 2.35. The van der Waals surface area contributed by atoms with Crippen LogP contribution >= 0.6 is 0 Å². The van der Waals surface area contributed by atoms with E-state index in [0.29, 0.717) is 0 Å². The van der Waals surface area contributed by atoms with Crippen LogP contribution in [-0.4, -0.2) is 4.57 Å². The number of aromatic nitrogens is 1. The van der Waals surface area contributed by atoms with Crippen molar-refractivity contribution in [3.05, 3.63) is 72.4 Å². The summed E-state index contributed by atoms with van der Waals surface area (Å²) in [5, 5.41) is 0. The van der Waals surface area contributed by atoms with E-state index in [1.165, 1.54) is 53.8 Å². The van der Waals surface area contributed by atoms with Gasteiger partial charge in [0.05, 0.1) is 5.69 Å². The molecule has 1 heteroatoms. The zero-order chi connectivity index (χ0) is 16.8. The standard InChI is InChI=1S/C23H27N/c1-3-4-5-12-17-24-19(2)18-22(20-13-8-6-9-14-20)23(24)21-15-10-7-11-16-21/h6-11,13-16,18H,3-5,12,17H2,1-2H3. The second kappa shape index (κ2) is 8.01. The minimum Gasteiger partial charge on any atom is -0.344 e. The molecule has 0 saturated heterocycles. The molecule has 0 unspecified atom stereocenters. The molecule has 0 bridgehead atoms. The van der Waals surface area contributed by atoms with Gasteiger partial charge in [0.25, 0.3) is 0 Å². The van der Waals surface area contributed by atoms with E-state index in [4.69, 9.17) is 0 Å². The van der Waals surface area contributed by atoms with Gasteiger partial charge in [0.1, 0.15) is 0 Å². The molecule has 0 fully saturated rings. The highest BCUT2D eigenvalue weighted by atomic mass is 15.0. The molecular weight excluding hydrogens is 290 g/mol. The van der Waals surface area contributed by atoms with E-state index in [9.17, 15) is 0 Å². The second-order valence-corrected chi connectivity index (χ2v) is 6.49. The van der Waals surface area contributed by atoms with Crippen LogP contribution in [0.3, 0.4) is 0 Å². The molecule has 2 aromatic carbocycles. The van der Waals surface area contributed by atoms with Crippen molar-refractivity contribution in [2.45, 2.75) is 46.1 Å². The molecule has 0 N–H and O–H groups in total. The van der Waals surface area contributed by atoms with Gasteiger partial charge in [-0.25, -0.2) is 0 Å². The summed E-state index contributed by atoms with van der Waals surface area (Å²) in [6.45, 7) is 5.60. The van der Waals surface area contributed by atoms with E-state index in [2.05, 4.69) is 85.1 Å². The largest absolute Gasteiger partial charge is 0.344 e. The van der Waals surface area contributed by atoms with E-state index >= 15 is 0 Å². The van der Waals surface area contributed by atoms with Crippen LogP contribution in [0.15, 0.2) is 66.7 Å².